The topological polar surface area (TPSA) is 84.7 Å². The molecule has 7 nitrogen and oxygen atoms in total. The number of hydrogen-bond acceptors (Lipinski definition) is 6. The third kappa shape index (κ3) is 3.66. The molecule has 2 aliphatic rings. The molecule has 4 aromatic rings. The van der Waals surface area contributed by atoms with E-state index in [4.69, 9.17) is 21.4 Å². The van der Waals surface area contributed by atoms with Crippen LogP contribution in [0.2, 0.25) is 5.02 Å². The van der Waals surface area contributed by atoms with E-state index >= 15 is 0 Å². The van der Waals surface area contributed by atoms with Gasteiger partial charge in [0.1, 0.15) is 11.5 Å². The molecule has 2 amide bonds. The number of methoxy groups -OCH3 is 1. The van der Waals surface area contributed by atoms with E-state index in [1.54, 1.807) is 47.3 Å². The van der Waals surface area contributed by atoms with E-state index < -0.39 is 17.3 Å². The van der Waals surface area contributed by atoms with Crippen LogP contribution in [0.15, 0.2) is 66.8 Å². The van der Waals surface area contributed by atoms with Gasteiger partial charge in [-0.3, -0.25) is 14.3 Å². The molecule has 1 N–H and O–H groups in total. The molecule has 2 aromatic carbocycles. The van der Waals surface area contributed by atoms with Crippen LogP contribution in [0.25, 0.3) is 20.7 Å². The molecule has 2 aromatic heterocycles. The minimum absolute atomic E-state index is 0.00423. The number of carbonyl (C=O) groups is 2. The Kier molecular flexibility index (Phi) is 6.16. The van der Waals surface area contributed by atoms with Crippen molar-refractivity contribution in [3.63, 3.8) is 0 Å². The summed E-state index contributed by atoms with van der Waals surface area (Å²) in [4.78, 5) is 30.6. The zero-order valence-electron chi connectivity index (χ0n) is 22.6. The number of aromatic nitrogens is 2. The molecule has 40 heavy (non-hydrogen) atoms. The lowest BCUT2D eigenvalue weighted by Gasteiger charge is -2.40. The highest BCUT2D eigenvalue weighted by atomic mass is 35.5. The van der Waals surface area contributed by atoms with Gasteiger partial charge >= 0.3 is 0 Å². The average molecular weight is 574 g/mol. The van der Waals surface area contributed by atoms with Gasteiger partial charge in [-0.2, -0.15) is 5.10 Å². The number of anilines is 1. The number of phenols is 1. The fourth-order valence-corrected chi connectivity index (χ4v) is 7.65. The Bertz CT molecular complexity index is 1770. The largest absolute Gasteiger partial charge is 0.504 e. The lowest BCUT2D eigenvalue weighted by molar-refractivity contribution is -0.127. The number of aromatic hydroxyl groups is 1. The molecular weight excluding hydrogens is 546 g/mol. The van der Waals surface area contributed by atoms with Crippen LogP contribution in [0.5, 0.6) is 11.5 Å². The number of thiophene rings is 1. The number of rotatable bonds is 5. The Balaban J connectivity index is 1.45. The van der Waals surface area contributed by atoms with Gasteiger partial charge in [-0.1, -0.05) is 36.4 Å². The third-order valence-electron chi connectivity index (χ3n) is 8.42. The Morgan fingerprint density at radius 2 is 2.00 bits per heavy atom. The maximum atomic E-state index is 14.4. The molecule has 1 saturated heterocycles. The SMILES string of the molecule is C=CC1=CC[C@H]2C(=O)N(c3cc(-c4sc5ccc(Cl)cc5c4C)nn3C)C(=O)[C@@]2(C)[C@H]1c1ccc(O)c(OC)c1. The fraction of sp³-hybridized carbons (Fsp3) is 0.258. The maximum absolute atomic E-state index is 14.4. The molecule has 3 atom stereocenters. The predicted molar refractivity (Wildman–Crippen MR) is 158 cm³/mol. The second-order valence-corrected chi connectivity index (χ2v) is 12.0. The van der Waals surface area contributed by atoms with Crippen molar-refractivity contribution in [3.8, 4) is 22.1 Å². The number of nitrogens with zero attached hydrogens (tertiary/aromatic N) is 3. The highest BCUT2D eigenvalue weighted by Crippen LogP contribution is 2.57. The first-order valence-electron chi connectivity index (χ1n) is 12.9. The van der Waals surface area contributed by atoms with Crippen LogP contribution >= 0.6 is 22.9 Å². The fourth-order valence-electron chi connectivity index (χ4n) is 6.34. The van der Waals surface area contributed by atoms with E-state index in [0.29, 0.717) is 28.7 Å². The first-order valence-corrected chi connectivity index (χ1v) is 14.1. The molecule has 0 unspecified atom stereocenters. The summed E-state index contributed by atoms with van der Waals surface area (Å²) < 4.78 is 8.04. The number of hydrogen-bond donors (Lipinski definition) is 1. The standard InChI is InChI=1S/C31H28ClN3O4S/c1-6-17-7-10-21-29(37)35(30(38)31(21,3)27(17)18-8-11-23(36)24(13-18)39-5)26-15-22(33-34(26)4)28-16(2)20-14-19(32)9-12-25(20)40-28/h6-9,11-15,21,27,36H,1,10H2,2-5H3/t21-,27+,31+/m0/s1. The normalized spacial score (nSPS) is 22.5. The summed E-state index contributed by atoms with van der Waals surface area (Å²) in [6, 6.07) is 12.7. The van der Waals surface area contributed by atoms with Crippen molar-refractivity contribution in [3.05, 3.63) is 82.9 Å². The van der Waals surface area contributed by atoms with E-state index in [1.165, 1.54) is 12.0 Å². The molecule has 9 heteroatoms. The number of allylic oxidation sites excluding steroid dienone is 3. The summed E-state index contributed by atoms with van der Waals surface area (Å²) in [6.45, 7) is 7.87. The van der Waals surface area contributed by atoms with E-state index in [-0.39, 0.29) is 17.6 Å². The quantitative estimate of drug-likeness (QED) is 0.266. The van der Waals surface area contributed by atoms with Crippen LogP contribution < -0.4 is 9.64 Å². The molecule has 6 rings (SSSR count). The van der Waals surface area contributed by atoms with Crippen molar-refractivity contribution < 1.29 is 19.4 Å². The van der Waals surface area contributed by atoms with Crippen LogP contribution in [0, 0.1) is 18.3 Å². The molecule has 1 aliphatic carbocycles. The van der Waals surface area contributed by atoms with Gasteiger partial charge in [0.15, 0.2) is 11.5 Å². The van der Waals surface area contributed by atoms with E-state index in [2.05, 4.69) is 6.58 Å². The average Bonchev–Trinajstić information content (AvgIpc) is 3.53. The van der Waals surface area contributed by atoms with Crippen molar-refractivity contribution in [1.82, 2.24) is 9.78 Å². The summed E-state index contributed by atoms with van der Waals surface area (Å²) in [6.07, 6.45) is 4.15. The van der Waals surface area contributed by atoms with Gasteiger partial charge < -0.3 is 9.84 Å². The van der Waals surface area contributed by atoms with Crippen molar-refractivity contribution in [2.24, 2.45) is 18.4 Å². The van der Waals surface area contributed by atoms with Crippen LogP contribution in [0.4, 0.5) is 5.82 Å². The van der Waals surface area contributed by atoms with Gasteiger partial charge in [0, 0.05) is 28.8 Å². The highest BCUT2D eigenvalue weighted by molar-refractivity contribution is 7.22. The summed E-state index contributed by atoms with van der Waals surface area (Å²) in [5.74, 6) is -0.834. The van der Waals surface area contributed by atoms with Gasteiger partial charge in [-0.05, 0) is 72.7 Å². The number of phenolic OH excluding ortho intramolecular Hbond substituents is 1. The highest BCUT2D eigenvalue weighted by Gasteiger charge is 2.62. The molecule has 3 heterocycles. The second-order valence-electron chi connectivity index (χ2n) is 10.5. The third-order valence-corrected chi connectivity index (χ3v) is 9.95. The summed E-state index contributed by atoms with van der Waals surface area (Å²) >= 11 is 7.84. The van der Waals surface area contributed by atoms with Gasteiger partial charge in [0.05, 0.1) is 23.3 Å². The Morgan fingerprint density at radius 1 is 1.23 bits per heavy atom. The molecule has 1 aliphatic heterocycles. The monoisotopic (exact) mass is 573 g/mol. The predicted octanol–water partition coefficient (Wildman–Crippen LogP) is 6.77. The van der Waals surface area contributed by atoms with E-state index in [1.807, 2.05) is 44.2 Å². The number of amides is 2. The minimum Gasteiger partial charge on any atom is -0.504 e. The van der Waals surface area contributed by atoms with Crippen LogP contribution in [-0.2, 0) is 16.6 Å². The number of halogens is 1. The molecule has 1 fully saturated rings. The maximum Gasteiger partial charge on any atom is 0.242 e. The number of fused-ring (bicyclic) bond motifs is 2. The number of imide groups is 1. The molecule has 0 radical (unpaired) electrons. The van der Waals surface area contributed by atoms with Crippen LogP contribution in [0.3, 0.4) is 0 Å². The zero-order chi connectivity index (χ0) is 28.5. The number of carbonyl (C=O) groups excluding carboxylic acids is 2. The van der Waals surface area contributed by atoms with E-state index in [0.717, 1.165) is 31.7 Å². The van der Waals surface area contributed by atoms with Crippen molar-refractivity contribution in [2.45, 2.75) is 26.2 Å². The van der Waals surface area contributed by atoms with Crippen LogP contribution in [-0.4, -0.2) is 33.8 Å². The smallest absolute Gasteiger partial charge is 0.242 e. The summed E-state index contributed by atoms with van der Waals surface area (Å²) in [5, 5.41) is 16.6. The number of benzene rings is 2. The lowest BCUT2D eigenvalue weighted by Crippen LogP contribution is -2.41. The first-order chi connectivity index (χ1) is 19.1. The van der Waals surface area contributed by atoms with Gasteiger partial charge in [-0.15, -0.1) is 11.3 Å². The molecule has 204 valence electrons. The van der Waals surface area contributed by atoms with Crippen LogP contribution in [0.1, 0.15) is 30.4 Å². The molecular formula is C31H28ClN3O4S. The van der Waals surface area contributed by atoms with E-state index in [9.17, 15) is 14.7 Å². The van der Waals surface area contributed by atoms with Crippen molar-refractivity contribution in [2.75, 3.05) is 12.0 Å². The van der Waals surface area contributed by atoms with Gasteiger partial charge in [0.2, 0.25) is 11.8 Å². The Labute approximate surface area is 240 Å². The lowest BCUT2D eigenvalue weighted by atomic mass is 9.60. The first kappa shape index (κ1) is 26.3. The molecule has 0 spiro atoms. The zero-order valence-corrected chi connectivity index (χ0v) is 24.1. The van der Waals surface area contributed by atoms with Gasteiger partial charge in [0.25, 0.3) is 0 Å². The number of ether oxygens (including phenoxy) is 1. The summed E-state index contributed by atoms with van der Waals surface area (Å²) in [5.41, 5.74) is 2.29. The Morgan fingerprint density at radius 3 is 2.73 bits per heavy atom. The molecule has 0 saturated carbocycles. The number of aryl methyl sites for hydroxylation is 2. The van der Waals surface area contributed by atoms with Gasteiger partial charge in [-0.25, -0.2) is 4.90 Å². The molecule has 0 bridgehead atoms. The van der Waals surface area contributed by atoms with Crippen molar-refractivity contribution in [1.29, 1.82) is 0 Å². The minimum atomic E-state index is -1.08. The van der Waals surface area contributed by atoms with Crippen molar-refractivity contribution >= 4 is 50.7 Å². The summed E-state index contributed by atoms with van der Waals surface area (Å²) in [7, 11) is 3.23. The second kappa shape index (κ2) is 9.35. The Hall–Kier alpha value is -3.88.